The quantitative estimate of drug-likeness (QED) is 0.414. The van der Waals surface area contributed by atoms with Crippen LogP contribution in [-0.4, -0.2) is 53.5 Å². The summed E-state index contributed by atoms with van der Waals surface area (Å²) in [7, 11) is 7.82. The van der Waals surface area contributed by atoms with Gasteiger partial charge in [-0.05, 0) is 74.1 Å². The molecule has 0 spiro atoms. The average molecular weight is 462 g/mol. The summed E-state index contributed by atoms with van der Waals surface area (Å²) in [6, 6.07) is 12.0. The minimum absolute atomic E-state index is 0.0721. The zero-order valence-corrected chi connectivity index (χ0v) is 20.0. The molecular formula is C27H38N2O4. The van der Waals surface area contributed by atoms with E-state index in [1.807, 2.05) is 36.2 Å². The highest BCUT2D eigenvalue weighted by Gasteiger charge is 2.36. The standard InChI is InChI=1S/C27H38N2O4/c1-20(2)27(19-28,22-10-12-24(31-5)26(18-22)33-7)14-8-15-29(3)16-13-21-9-11-23(30-4)25(17-21)32-6/h9-12,17-18,20H,8,13-16H2,1-7H3/t27-/m1/s1/i1D3,2D3,20D. The van der Waals surface area contributed by atoms with Crippen LogP contribution < -0.4 is 18.9 Å². The number of rotatable bonds is 13. The van der Waals surface area contributed by atoms with Crippen LogP contribution in [0, 0.1) is 17.2 Å². The second-order valence-electron chi connectivity index (χ2n) is 7.81. The third-order valence-electron chi connectivity index (χ3n) is 5.82. The molecule has 0 amide bonds. The maximum atomic E-state index is 10.5. The van der Waals surface area contributed by atoms with Gasteiger partial charge < -0.3 is 23.8 Å². The van der Waals surface area contributed by atoms with Crippen molar-refractivity contribution in [2.24, 2.45) is 5.89 Å². The lowest BCUT2D eigenvalue weighted by molar-refractivity contribution is 0.292. The van der Waals surface area contributed by atoms with Gasteiger partial charge in [0.05, 0.1) is 39.9 Å². The number of nitrogens with zero attached hydrogens (tertiary/aromatic N) is 2. The summed E-state index contributed by atoms with van der Waals surface area (Å²) >= 11 is 0. The molecule has 6 nitrogen and oxygen atoms in total. The predicted octanol–water partition coefficient (Wildman–Crippen LogP) is 5.09. The molecule has 0 aliphatic heterocycles. The molecule has 0 unspecified atom stereocenters. The van der Waals surface area contributed by atoms with E-state index in [0.29, 0.717) is 36.8 Å². The number of methoxy groups -OCH3 is 4. The Labute approximate surface area is 208 Å². The molecule has 0 saturated carbocycles. The first kappa shape index (κ1) is 17.6. The first-order chi connectivity index (χ1) is 18.6. The normalized spacial score (nSPS) is 17.1. The summed E-state index contributed by atoms with van der Waals surface area (Å²) in [5.74, 6) is -1.35. The summed E-state index contributed by atoms with van der Waals surface area (Å²) in [5.41, 5.74) is -1.12. The molecule has 2 aromatic rings. The number of hydrogen-bond acceptors (Lipinski definition) is 6. The minimum Gasteiger partial charge on any atom is -0.493 e. The lowest BCUT2D eigenvalue weighted by Crippen LogP contribution is -2.32. The van der Waals surface area contributed by atoms with Gasteiger partial charge in [-0.1, -0.05) is 25.8 Å². The molecule has 2 aromatic carbocycles. The van der Waals surface area contributed by atoms with Crippen molar-refractivity contribution in [1.29, 1.82) is 5.26 Å². The summed E-state index contributed by atoms with van der Waals surface area (Å²) in [6.07, 6.45) is 0.764. The van der Waals surface area contributed by atoms with Crippen molar-refractivity contribution in [3.05, 3.63) is 47.5 Å². The van der Waals surface area contributed by atoms with E-state index >= 15 is 0 Å². The van der Waals surface area contributed by atoms with Gasteiger partial charge in [0.15, 0.2) is 23.0 Å². The zero-order valence-electron chi connectivity index (χ0n) is 27.0. The lowest BCUT2D eigenvalue weighted by Gasteiger charge is -2.32. The van der Waals surface area contributed by atoms with Crippen LogP contribution >= 0.6 is 0 Å². The summed E-state index contributed by atoms with van der Waals surface area (Å²) in [4.78, 5) is 2.00. The summed E-state index contributed by atoms with van der Waals surface area (Å²) < 4.78 is 79.0. The Balaban J connectivity index is 2.39. The minimum atomic E-state index is -3.31. The fourth-order valence-electron chi connectivity index (χ4n) is 3.77. The van der Waals surface area contributed by atoms with E-state index in [9.17, 15) is 5.26 Å². The van der Waals surface area contributed by atoms with E-state index in [1.165, 1.54) is 32.4 Å². The fourth-order valence-corrected chi connectivity index (χ4v) is 3.77. The average Bonchev–Trinajstić information content (AvgIpc) is 2.92. The molecule has 33 heavy (non-hydrogen) atoms. The Hall–Kier alpha value is -2.91. The highest BCUT2D eigenvalue weighted by molar-refractivity contribution is 5.47. The van der Waals surface area contributed by atoms with E-state index in [1.54, 1.807) is 14.2 Å². The highest BCUT2D eigenvalue weighted by Crippen LogP contribution is 2.40. The van der Waals surface area contributed by atoms with Crippen LogP contribution in [0.25, 0.3) is 0 Å². The van der Waals surface area contributed by atoms with E-state index in [0.717, 1.165) is 5.56 Å². The monoisotopic (exact) mass is 461 g/mol. The molecule has 6 heteroatoms. The van der Waals surface area contributed by atoms with E-state index in [4.69, 9.17) is 28.5 Å². The Morgan fingerprint density at radius 1 is 0.939 bits per heavy atom. The molecule has 180 valence electrons. The zero-order chi connectivity index (χ0) is 30.4. The summed E-state index contributed by atoms with van der Waals surface area (Å²) in [6.45, 7) is -5.54. The molecule has 0 aliphatic rings. The van der Waals surface area contributed by atoms with Crippen molar-refractivity contribution in [3.63, 3.8) is 0 Å². The van der Waals surface area contributed by atoms with Crippen LogP contribution in [0.2, 0.25) is 0 Å². The largest absolute Gasteiger partial charge is 0.493 e. The molecule has 0 aliphatic carbocycles. The molecule has 0 N–H and O–H groups in total. The molecule has 1 atom stereocenters. The van der Waals surface area contributed by atoms with Crippen molar-refractivity contribution in [2.75, 3.05) is 48.6 Å². The smallest absolute Gasteiger partial charge is 0.161 e. The fraction of sp³-hybridized carbons (Fsp3) is 0.519. The van der Waals surface area contributed by atoms with Crippen LogP contribution in [-0.2, 0) is 11.8 Å². The molecule has 0 saturated heterocycles. The van der Waals surface area contributed by atoms with Gasteiger partial charge in [-0.25, -0.2) is 0 Å². The molecule has 0 fully saturated rings. The third kappa shape index (κ3) is 6.33. The Morgan fingerprint density at radius 3 is 2.12 bits per heavy atom. The number of hydrogen-bond donors (Lipinski definition) is 0. The van der Waals surface area contributed by atoms with Crippen molar-refractivity contribution in [2.45, 2.75) is 38.4 Å². The summed E-state index contributed by atoms with van der Waals surface area (Å²) in [5, 5.41) is 10.5. The Kier molecular flexibility index (Phi) is 6.57. The maximum absolute atomic E-state index is 10.5. The van der Waals surface area contributed by atoms with Crippen molar-refractivity contribution in [3.8, 4) is 29.1 Å². The number of nitriles is 1. The van der Waals surface area contributed by atoms with Gasteiger partial charge in [-0.2, -0.15) is 5.26 Å². The van der Waals surface area contributed by atoms with Crippen LogP contribution in [0.15, 0.2) is 36.4 Å². The maximum Gasteiger partial charge on any atom is 0.161 e. The van der Waals surface area contributed by atoms with E-state index in [2.05, 4.69) is 0 Å². The van der Waals surface area contributed by atoms with E-state index < -0.39 is 25.0 Å². The van der Waals surface area contributed by atoms with Gasteiger partial charge in [-0.15, -0.1) is 0 Å². The Morgan fingerprint density at radius 2 is 1.55 bits per heavy atom. The topological polar surface area (TPSA) is 64.0 Å². The van der Waals surface area contributed by atoms with Crippen LogP contribution in [0.5, 0.6) is 23.0 Å². The van der Waals surface area contributed by atoms with Crippen LogP contribution in [0.1, 0.15) is 47.3 Å². The SMILES string of the molecule is [2H]C([2H])([2H])C([2H])(C([2H])([2H])[2H])[C@](C#N)(CCCN(C)CCc1ccc(OC)c(OC)c1)c1ccc(OC)c(OC)c1. The molecule has 2 rings (SSSR count). The highest BCUT2D eigenvalue weighted by atomic mass is 16.5. The van der Waals surface area contributed by atoms with Crippen molar-refractivity contribution in [1.82, 2.24) is 4.90 Å². The number of benzene rings is 2. The number of likely N-dealkylation sites (N-methyl/N-ethyl adjacent to an activating group) is 1. The van der Waals surface area contributed by atoms with Gasteiger partial charge in [-0.3, -0.25) is 0 Å². The van der Waals surface area contributed by atoms with Crippen molar-refractivity contribution < 1.29 is 28.5 Å². The van der Waals surface area contributed by atoms with Gasteiger partial charge in [0.2, 0.25) is 0 Å². The predicted molar refractivity (Wildman–Crippen MR) is 132 cm³/mol. The van der Waals surface area contributed by atoms with Gasteiger partial charge in [0, 0.05) is 16.1 Å². The van der Waals surface area contributed by atoms with Crippen molar-refractivity contribution >= 4 is 0 Å². The molecule has 0 heterocycles. The second-order valence-corrected chi connectivity index (χ2v) is 7.81. The van der Waals surface area contributed by atoms with E-state index in [-0.39, 0.29) is 24.2 Å². The first-order valence-corrected chi connectivity index (χ1v) is 10.7. The lowest BCUT2D eigenvalue weighted by atomic mass is 9.69. The van der Waals surface area contributed by atoms with Crippen LogP contribution in [0.3, 0.4) is 0 Å². The molecule has 0 bridgehead atoms. The number of ether oxygens (including phenoxy) is 4. The van der Waals surface area contributed by atoms with Gasteiger partial charge in [0.1, 0.15) is 0 Å². The molecular weight excluding hydrogens is 416 g/mol. The second kappa shape index (κ2) is 12.4. The Bertz CT molecular complexity index is 1170. The third-order valence-corrected chi connectivity index (χ3v) is 5.82. The molecule has 0 aromatic heterocycles. The molecule has 0 radical (unpaired) electrons. The van der Waals surface area contributed by atoms with Gasteiger partial charge >= 0.3 is 0 Å². The first-order valence-electron chi connectivity index (χ1n) is 14.2. The van der Waals surface area contributed by atoms with Gasteiger partial charge in [0.25, 0.3) is 0 Å². The van der Waals surface area contributed by atoms with Crippen LogP contribution in [0.4, 0.5) is 0 Å².